The molecule has 0 aliphatic heterocycles. The third kappa shape index (κ3) is 4.15. The van der Waals surface area contributed by atoms with Crippen LogP contribution in [0.2, 0.25) is 0 Å². The van der Waals surface area contributed by atoms with Crippen molar-refractivity contribution in [3.8, 4) is 0 Å². The molecule has 0 N–H and O–H groups in total. The van der Waals surface area contributed by atoms with E-state index in [0.29, 0.717) is 17.7 Å². The monoisotopic (exact) mass is 240 g/mol. The van der Waals surface area contributed by atoms with Crippen molar-refractivity contribution in [1.82, 2.24) is 0 Å². The summed E-state index contributed by atoms with van der Waals surface area (Å²) in [4.78, 5) is 0. The molecule has 2 heteroatoms. The Kier molecular flexibility index (Phi) is 5.86. The summed E-state index contributed by atoms with van der Waals surface area (Å²) in [5.41, 5.74) is 2.68. The van der Waals surface area contributed by atoms with Crippen LogP contribution in [0.4, 0.5) is 0 Å². The van der Waals surface area contributed by atoms with E-state index in [2.05, 4.69) is 38.1 Å². The Morgan fingerprint density at radius 3 is 2.69 bits per heavy atom. The lowest BCUT2D eigenvalue weighted by atomic mass is 9.89. The van der Waals surface area contributed by atoms with Crippen molar-refractivity contribution in [2.75, 3.05) is 19.6 Å². The lowest BCUT2D eigenvalue weighted by Crippen LogP contribution is -2.20. The van der Waals surface area contributed by atoms with Gasteiger partial charge in [0.25, 0.3) is 0 Å². The summed E-state index contributed by atoms with van der Waals surface area (Å²) in [6.07, 6.45) is 1.04. The number of hydrogen-bond acceptors (Lipinski definition) is 1. The van der Waals surface area contributed by atoms with Gasteiger partial charge in [-0.2, -0.15) is 0 Å². The number of ether oxygens (including phenoxy) is 1. The maximum Gasteiger partial charge on any atom is 0.0491 e. The minimum Gasteiger partial charge on any atom is -0.384 e. The quantitative estimate of drug-likeness (QED) is 0.690. The van der Waals surface area contributed by atoms with Crippen LogP contribution in [0, 0.1) is 18.8 Å². The lowest BCUT2D eigenvalue weighted by Gasteiger charge is -2.21. The van der Waals surface area contributed by atoms with Gasteiger partial charge in [-0.3, -0.25) is 0 Å². The highest BCUT2D eigenvalue weighted by molar-refractivity contribution is 6.18. The van der Waals surface area contributed by atoms with Crippen molar-refractivity contribution < 1.29 is 4.74 Å². The van der Waals surface area contributed by atoms with Crippen LogP contribution in [-0.4, -0.2) is 19.6 Å². The SMILES string of the molecule is COCC(C)C(CCl)Cc1cccc(C)c1. The Bertz CT molecular complexity index is 311. The molecule has 90 valence electrons. The predicted molar refractivity (Wildman–Crippen MR) is 70.1 cm³/mol. The Hall–Kier alpha value is -0.530. The molecule has 1 rings (SSSR count). The average Bonchev–Trinajstić information content (AvgIpc) is 2.26. The summed E-state index contributed by atoms with van der Waals surface area (Å²) >= 11 is 6.03. The van der Waals surface area contributed by atoms with Crippen LogP contribution < -0.4 is 0 Å². The van der Waals surface area contributed by atoms with Gasteiger partial charge in [-0.05, 0) is 30.7 Å². The summed E-state index contributed by atoms with van der Waals surface area (Å²) in [6, 6.07) is 8.64. The molecule has 1 nitrogen and oxygen atoms in total. The van der Waals surface area contributed by atoms with Gasteiger partial charge in [-0.15, -0.1) is 11.6 Å². The highest BCUT2D eigenvalue weighted by Crippen LogP contribution is 2.20. The topological polar surface area (TPSA) is 9.23 Å². The maximum atomic E-state index is 6.03. The predicted octanol–water partition coefficient (Wildman–Crippen LogP) is 3.68. The smallest absolute Gasteiger partial charge is 0.0491 e. The number of methoxy groups -OCH3 is 1. The minimum absolute atomic E-state index is 0.489. The van der Waals surface area contributed by atoms with E-state index in [0.717, 1.165) is 13.0 Å². The first-order chi connectivity index (χ1) is 7.67. The first-order valence-corrected chi connectivity index (χ1v) is 6.31. The zero-order valence-electron chi connectivity index (χ0n) is 10.4. The number of halogens is 1. The molecule has 0 amide bonds. The van der Waals surface area contributed by atoms with E-state index in [1.807, 2.05) is 0 Å². The number of rotatable bonds is 6. The molecule has 0 spiro atoms. The molecule has 1 aromatic rings. The fourth-order valence-corrected chi connectivity index (χ4v) is 2.36. The van der Waals surface area contributed by atoms with Gasteiger partial charge in [0, 0.05) is 19.6 Å². The van der Waals surface area contributed by atoms with E-state index in [4.69, 9.17) is 16.3 Å². The molecule has 0 aliphatic carbocycles. The zero-order valence-corrected chi connectivity index (χ0v) is 11.1. The Morgan fingerprint density at radius 2 is 2.12 bits per heavy atom. The lowest BCUT2D eigenvalue weighted by molar-refractivity contribution is 0.135. The van der Waals surface area contributed by atoms with Gasteiger partial charge < -0.3 is 4.74 Å². The molecule has 0 heterocycles. The molecule has 0 aliphatic rings. The fraction of sp³-hybridized carbons (Fsp3) is 0.571. The first kappa shape index (κ1) is 13.5. The van der Waals surface area contributed by atoms with E-state index in [1.54, 1.807) is 7.11 Å². The van der Waals surface area contributed by atoms with Crippen molar-refractivity contribution in [3.05, 3.63) is 35.4 Å². The summed E-state index contributed by atoms with van der Waals surface area (Å²) in [5.74, 6) is 1.68. The molecule has 1 aromatic carbocycles. The third-order valence-corrected chi connectivity index (χ3v) is 3.41. The van der Waals surface area contributed by atoms with Crippen LogP contribution >= 0.6 is 11.6 Å². The molecule has 0 bridgehead atoms. The van der Waals surface area contributed by atoms with Gasteiger partial charge in [0.1, 0.15) is 0 Å². The molecule has 2 atom stereocenters. The van der Waals surface area contributed by atoms with E-state index in [1.165, 1.54) is 11.1 Å². The standard InChI is InChI=1S/C14H21ClO/c1-11-5-4-6-13(7-11)8-14(9-15)12(2)10-16-3/h4-7,12,14H,8-10H2,1-3H3. The van der Waals surface area contributed by atoms with Crippen molar-refractivity contribution in [1.29, 1.82) is 0 Å². The van der Waals surface area contributed by atoms with Crippen LogP contribution in [-0.2, 0) is 11.2 Å². The zero-order chi connectivity index (χ0) is 12.0. The number of benzene rings is 1. The van der Waals surface area contributed by atoms with Crippen LogP contribution in [0.15, 0.2) is 24.3 Å². The van der Waals surface area contributed by atoms with Crippen molar-refractivity contribution in [3.63, 3.8) is 0 Å². The van der Waals surface area contributed by atoms with E-state index in [-0.39, 0.29) is 0 Å². The molecular weight excluding hydrogens is 220 g/mol. The molecule has 2 unspecified atom stereocenters. The van der Waals surface area contributed by atoms with Gasteiger partial charge in [-0.25, -0.2) is 0 Å². The number of alkyl halides is 1. The first-order valence-electron chi connectivity index (χ1n) is 5.77. The van der Waals surface area contributed by atoms with Crippen LogP contribution in [0.1, 0.15) is 18.1 Å². The molecular formula is C14H21ClO. The molecule has 0 saturated carbocycles. The summed E-state index contributed by atoms with van der Waals surface area (Å²) in [6.45, 7) is 5.10. The fourth-order valence-electron chi connectivity index (χ4n) is 1.95. The molecule has 0 radical (unpaired) electrons. The second kappa shape index (κ2) is 6.93. The number of aryl methyl sites for hydroxylation is 1. The summed E-state index contributed by atoms with van der Waals surface area (Å²) < 4.78 is 5.19. The van der Waals surface area contributed by atoms with Gasteiger partial charge in [-0.1, -0.05) is 36.8 Å². The van der Waals surface area contributed by atoms with E-state index < -0.39 is 0 Å². The Morgan fingerprint density at radius 1 is 1.38 bits per heavy atom. The van der Waals surface area contributed by atoms with Gasteiger partial charge >= 0.3 is 0 Å². The minimum atomic E-state index is 0.489. The van der Waals surface area contributed by atoms with Crippen molar-refractivity contribution in [2.45, 2.75) is 20.3 Å². The Labute approximate surface area is 104 Å². The van der Waals surface area contributed by atoms with Gasteiger partial charge in [0.2, 0.25) is 0 Å². The molecule has 16 heavy (non-hydrogen) atoms. The second-order valence-electron chi connectivity index (χ2n) is 4.54. The van der Waals surface area contributed by atoms with E-state index in [9.17, 15) is 0 Å². The third-order valence-electron chi connectivity index (χ3n) is 3.01. The van der Waals surface area contributed by atoms with Crippen LogP contribution in [0.5, 0.6) is 0 Å². The van der Waals surface area contributed by atoms with Crippen LogP contribution in [0.3, 0.4) is 0 Å². The molecule has 0 fully saturated rings. The normalized spacial score (nSPS) is 14.8. The van der Waals surface area contributed by atoms with Crippen molar-refractivity contribution in [2.24, 2.45) is 11.8 Å². The number of hydrogen-bond donors (Lipinski definition) is 0. The van der Waals surface area contributed by atoms with Gasteiger partial charge in [0.05, 0.1) is 0 Å². The largest absolute Gasteiger partial charge is 0.384 e. The van der Waals surface area contributed by atoms with Crippen molar-refractivity contribution >= 4 is 11.6 Å². The second-order valence-corrected chi connectivity index (χ2v) is 4.85. The summed E-state index contributed by atoms with van der Waals surface area (Å²) in [7, 11) is 1.74. The maximum absolute atomic E-state index is 6.03. The molecule has 0 aromatic heterocycles. The highest BCUT2D eigenvalue weighted by Gasteiger charge is 2.16. The highest BCUT2D eigenvalue weighted by atomic mass is 35.5. The summed E-state index contributed by atoms with van der Waals surface area (Å²) in [5, 5.41) is 0. The van der Waals surface area contributed by atoms with E-state index >= 15 is 0 Å². The van der Waals surface area contributed by atoms with Gasteiger partial charge in [0.15, 0.2) is 0 Å². The Balaban J connectivity index is 2.62. The average molecular weight is 241 g/mol. The van der Waals surface area contributed by atoms with Crippen LogP contribution in [0.25, 0.3) is 0 Å². The molecule has 0 saturated heterocycles.